The van der Waals surface area contributed by atoms with Gasteiger partial charge in [-0.2, -0.15) is 28.1 Å². The van der Waals surface area contributed by atoms with Gasteiger partial charge in [-0.05, 0) is 80.8 Å². The maximum Gasteiger partial charge on any atom is 0.387 e. The van der Waals surface area contributed by atoms with Crippen molar-refractivity contribution in [2.75, 3.05) is 13.1 Å². The summed E-state index contributed by atoms with van der Waals surface area (Å²) in [7, 11) is 0. The lowest BCUT2D eigenvalue weighted by molar-refractivity contribution is -0.0912. The second-order valence-electron chi connectivity index (χ2n) is 13.0. The topological polar surface area (TPSA) is 97.2 Å². The van der Waals surface area contributed by atoms with Crippen LogP contribution in [0.25, 0.3) is 0 Å². The average Bonchev–Trinajstić information content (AvgIpc) is 3.70. The molecule has 0 radical (unpaired) electrons. The number of benzene rings is 2. The third-order valence-corrected chi connectivity index (χ3v) is 11.1. The molecule has 0 saturated carbocycles. The first-order valence-electron chi connectivity index (χ1n) is 16.2. The molecule has 4 aliphatic heterocycles. The summed E-state index contributed by atoms with van der Waals surface area (Å²) < 4.78 is 119. The largest absolute Gasteiger partial charge is 0.431 e. The summed E-state index contributed by atoms with van der Waals surface area (Å²) in [4.78, 5) is 12.2. The molecule has 0 saturated heterocycles. The van der Waals surface area contributed by atoms with E-state index in [0.717, 1.165) is 0 Å². The Hall–Kier alpha value is -4.68. The van der Waals surface area contributed by atoms with E-state index in [1.165, 1.54) is 46.5 Å². The molecule has 8 nitrogen and oxygen atoms in total. The number of nitriles is 2. The predicted octanol–water partition coefficient (Wildman–Crippen LogP) is 9.69. The number of halogens is 10. The van der Waals surface area contributed by atoms with E-state index >= 15 is 0 Å². The van der Waals surface area contributed by atoms with Crippen LogP contribution in [0.4, 0.5) is 35.1 Å². The highest BCUT2D eigenvalue weighted by Crippen LogP contribution is 2.51. The first-order valence-corrected chi connectivity index (χ1v) is 17.8. The fourth-order valence-electron chi connectivity index (χ4n) is 7.64. The Morgan fingerprint density at radius 2 is 1.09 bits per heavy atom. The Labute approximate surface area is 319 Å². The van der Waals surface area contributed by atoms with E-state index in [1.807, 2.05) is 12.1 Å². The van der Waals surface area contributed by atoms with Crippen LogP contribution < -0.4 is 0 Å². The van der Waals surface area contributed by atoms with Crippen LogP contribution in [0.15, 0.2) is 90.4 Å². The molecular formula is C36H24Br2F8N6O2. The zero-order chi connectivity index (χ0) is 38.7. The third kappa shape index (κ3) is 6.46. The molecule has 0 fully saturated rings. The molecule has 2 aliphatic carbocycles. The molecule has 2 aromatic rings. The van der Waals surface area contributed by atoms with Crippen molar-refractivity contribution >= 4 is 43.5 Å². The zero-order valence-electron chi connectivity index (χ0n) is 27.5. The van der Waals surface area contributed by atoms with Gasteiger partial charge < -0.3 is 19.3 Å². The fraction of sp³-hybridized carbons (Fsp3) is 0.333. The Balaban J connectivity index is 0.000000167. The van der Waals surface area contributed by atoms with Gasteiger partial charge in [-0.25, -0.2) is 17.6 Å². The summed E-state index contributed by atoms with van der Waals surface area (Å²) in [6.45, 7) is -5.81. The number of ether oxygens (including phenoxy) is 2. The molecular weight excluding hydrogens is 860 g/mol. The van der Waals surface area contributed by atoms with Gasteiger partial charge in [-0.3, -0.25) is 9.98 Å². The molecule has 8 rings (SSSR count). The summed E-state index contributed by atoms with van der Waals surface area (Å²) in [5, 5.41) is 18.3. The van der Waals surface area contributed by atoms with Crippen molar-refractivity contribution in [1.82, 2.24) is 9.80 Å². The molecule has 18 heteroatoms. The minimum Gasteiger partial charge on any atom is -0.431 e. The number of fused-ring (bicyclic) bond motifs is 6. The summed E-state index contributed by atoms with van der Waals surface area (Å²) in [5.74, 6) is -1.58. The van der Waals surface area contributed by atoms with Gasteiger partial charge in [0.05, 0.1) is 33.2 Å². The number of aliphatic imine (C=N–C) groups is 2. The first-order chi connectivity index (χ1) is 25.7. The van der Waals surface area contributed by atoms with Gasteiger partial charge in [0, 0.05) is 35.7 Å². The Morgan fingerprint density at radius 3 is 1.44 bits per heavy atom. The van der Waals surface area contributed by atoms with Crippen LogP contribution in [0, 0.1) is 34.3 Å². The van der Waals surface area contributed by atoms with Crippen molar-refractivity contribution in [1.29, 1.82) is 10.5 Å². The van der Waals surface area contributed by atoms with Crippen LogP contribution in [0.1, 0.15) is 60.3 Å². The van der Waals surface area contributed by atoms with E-state index in [2.05, 4.69) is 51.3 Å². The Bertz CT molecular complexity index is 2060. The number of hydrogen-bond donors (Lipinski definition) is 0. The Morgan fingerprint density at radius 1 is 0.704 bits per heavy atom. The van der Waals surface area contributed by atoms with Gasteiger partial charge in [-0.1, -0.05) is 12.1 Å². The van der Waals surface area contributed by atoms with Gasteiger partial charge in [0.1, 0.15) is 47.2 Å². The molecule has 2 aromatic carbocycles. The quantitative estimate of drug-likeness (QED) is 0.284. The van der Waals surface area contributed by atoms with E-state index < -0.39 is 48.3 Å². The Kier molecular flexibility index (Phi) is 9.89. The average molecular weight is 884 g/mol. The molecule has 2 spiro atoms. The number of hydrogen-bond acceptors (Lipinski definition) is 8. The van der Waals surface area contributed by atoms with E-state index in [4.69, 9.17) is 10.5 Å². The molecule has 0 N–H and O–H groups in total. The summed E-state index contributed by atoms with van der Waals surface area (Å²) >= 11 is 6.14. The lowest BCUT2D eigenvalue weighted by Gasteiger charge is -2.35. The molecule has 0 aromatic heterocycles. The fourth-order valence-corrected chi connectivity index (χ4v) is 8.33. The number of amidine groups is 2. The number of allylic oxidation sites excluding steroid dienone is 4. The highest BCUT2D eigenvalue weighted by Gasteiger charge is 2.50. The summed E-state index contributed by atoms with van der Waals surface area (Å²) in [5.41, 5.74) is -1.11. The van der Waals surface area contributed by atoms with Gasteiger partial charge >= 0.3 is 13.2 Å². The molecule has 280 valence electrons. The van der Waals surface area contributed by atoms with E-state index in [0.29, 0.717) is 11.1 Å². The van der Waals surface area contributed by atoms with Crippen LogP contribution in [-0.4, -0.2) is 47.8 Å². The number of nitrogens with zero attached hydrogens (tertiary/aromatic N) is 6. The molecule has 54 heavy (non-hydrogen) atoms. The van der Waals surface area contributed by atoms with Crippen LogP contribution in [0.5, 0.6) is 0 Å². The predicted molar refractivity (Wildman–Crippen MR) is 184 cm³/mol. The maximum atomic E-state index is 14.6. The van der Waals surface area contributed by atoms with Gasteiger partial charge in [-0.15, -0.1) is 0 Å². The van der Waals surface area contributed by atoms with Crippen molar-refractivity contribution in [2.24, 2.45) is 9.98 Å². The molecule has 0 unspecified atom stereocenters. The van der Waals surface area contributed by atoms with Crippen molar-refractivity contribution in [3.63, 3.8) is 0 Å². The standard InChI is InChI=1S/2C18H12BrF4N3O/c2*19-11-2-1-10-14(15(11)21)12(20)3-4-18(10)8-26-7-9(6-24)5-13(16(26)25-18)27-17(22)23/h2*1-2,5,7,12,17H,3-4,8H2/t12-,18+;12-,18-/m01/s1. The minimum absolute atomic E-state index is 0.0502. The molecule has 0 amide bonds. The van der Waals surface area contributed by atoms with Gasteiger partial charge in [0.15, 0.2) is 23.2 Å². The van der Waals surface area contributed by atoms with Gasteiger partial charge in [0.25, 0.3) is 0 Å². The monoisotopic (exact) mass is 882 g/mol. The third-order valence-electron chi connectivity index (χ3n) is 9.86. The summed E-state index contributed by atoms with van der Waals surface area (Å²) in [6, 6.07) is 9.94. The molecule has 4 atom stereocenters. The highest BCUT2D eigenvalue weighted by molar-refractivity contribution is 9.10. The van der Waals surface area contributed by atoms with Crippen molar-refractivity contribution in [3.05, 3.63) is 114 Å². The first kappa shape index (κ1) is 37.6. The smallest absolute Gasteiger partial charge is 0.387 e. The van der Waals surface area contributed by atoms with E-state index in [9.17, 15) is 35.1 Å². The number of alkyl halides is 6. The second kappa shape index (κ2) is 14.2. The SMILES string of the molecule is N#CC1=CN2C[C@@]3(CC[C@@H](F)c4c3ccc(Br)c4F)N=C2C(OC(F)F)=C1.N#CC1=CN2C[C@@]3(CC[C@H](F)c4c3ccc(Br)c4F)N=C2C(OC(F)F)=C1. The van der Waals surface area contributed by atoms with Crippen LogP contribution >= 0.6 is 31.9 Å². The number of rotatable bonds is 4. The lowest BCUT2D eigenvalue weighted by Crippen LogP contribution is -2.36. The van der Waals surface area contributed by atoms with Crippen LogP contribution in [-0.2, 0) is 20.6 Å². The van der Waals surface area contributed by atoms with Crippen LogP contribution in [0.2, 0.25) is 0 Å². The lowest BCUT2D eigenvalue weighted by atomic mass is 9.76. The highest BCUT2D eigenvalue weighted by atomic mass is 79.9. The van der Waals surface area contributed by atoms with Crippen molar-refractivity contribution in [2.45, 2.75) is 62.3 Å². The van der Waals surface area contributed by atoms with E-state index in [-0.39, 0.29) is 93.2 Å². The van der Waals surface area contributed by atoms with Gasteiger partial charge in [0.2, 0.25) is 0 Å². The minimum atomic E-state index is -3.09. The van der Waals surface area contributed by atoms with E-state index in [1.54, 1.807) is 12.1 Å². The zero-order valence-corrected chi connectivity index (χ0v) is 30.6. The van der Waals surface area contributed by atoms with Crippen molar-refractivity contribution < 1.29 is 44.6 Å². The summed E-state index contributed by atoms with van der Waals surface area (Å²) in [6.07, 6.45) is 3.03. The second-order valence-corrected chi connectivity index (χ2v) is 14.7. The normalized spacial score (nSPS) is 26.2. The molecule has 0 bridgehead atoms. The molecule has 6 aliphatic rings. The maximum absolute atomic E-state index is 14.6. The van der Waals surface area contributed by atoms with Crippen molar-refractivity contribution in [3.8, 4) is 12.1 Å². The van der Waals surface area contributed by atoms with Crippen LogP contribution in [0.3, 0.4) is 0 Å². The molecule has 4 heterocycles.